The molecule has 0 radical (unpaired) electrons. The van der Waals surface area contributed by atoms with Gasteiger partial charge >= 0.3 is 0 Å². The Hall–Kier alpha value is -1.10. The Kier molecular flexibility index (Phi) is 2.32. The summed E-state index contributed by atoms with van der Waals surface area (Å²) in [6.45, 7) is 0. The van der Waals surface area contributed by atoms with Gasteiger partial charge in [0, 0.05) is 13.3 Å². The van der Waals surface area contributed by atoms with E-state index in [-0.39, 0.29) is 5.75 Å². The van der Waals surface area contributed by atoms with Crippen molar-refractivity contribution in [1.29, 1.82) is 0 Å². The van der Waals surface area contributed by atoms with Crippen LogP contribution >= 0.6 is 0 Å². The van der Waals surface area contributed by atoms with Crippen LogP contribution in [0.5, 0.6) is 5.75 Å². The Bertz CT molecular complexity index is 377. The van der Waals surface area contributed by atoms with E-state index in [2.05, 4.69) is 9.35 Å². The highest BCUT2D eigenvalue weighted by atomic mass is 32.2. The minimum Gasteiger partial charge on any atom is -0.506 e. The molecule has 0 aliphatic heterocycles. The first kappa shape index (κ1) is 8.99. The lowest BCUT2D eigenvalue weighted by molar-refractivity contribution is 0.471. The SMILES string of the molecule is CN=S(C)(=O)c1ccc(O)cn1. The number of hydrogen-bond acceptors (Lipinski definition) is 4. The van der Waals surface area contributed by atoms with Crippen LogP contribution in [0.3, 0.4) is 0 Å². The molecule has 5 heteroatoms. The Morgan fingerprint density at radius 2 is 2.25 bits per heavy atom. The van der Waals surface area contributed by atoms with Crippen LogP contribution in [0.25, 0.3) is 0 Å². The zero-order valence-electron chi connectivity index (χ0n) is 6.89. The molecule has 0 aliphatic carbocycles. The number of pyridine rings is 1. The number of aromatic nitrogens is 1. The predicted octanol–water partition coefficient (Wildman–Crippen LogP) is 0.874. The highest BCUT2D eigenvalue weighted by Crippen LogP contribution is 2.11. The minimum atomic E-state index is -2.36. The fourth-order valence-electron chi connectivity index (χ4n) is 0.690. The molecule has 0 saturated carbocycles. The van der Waals surface area contributed by atoms with Crippen molar-refractivity contribution in [2.45, 2.75) is 5.03 Å². The van der Waals surface area contributed by atoms with Gasteiger partial charge in [0.05, 0.1) is 15.9 Å². The number of rotatable bonds is 1. The standard InChI is InChI=1S/C7H10N2O2S/c1-8-12(2,11)7-4-3-6(10)5-9-7/h3-5,10H,1-2H3. The number of hydrogen-bond donors (Lipinski definition) is 1. The highest BCUT2D eigenvalue weighted by molar-refractivity contribution is 7.92. The molecule has 1 aromatic rings. The van der Waals surface area contributed by atoms with Gasteiger partial charge in [0.25, 0.3) is 0 Å². The van der Waals surface area contributed by atoms with Crippen molar-refractivity contribution < 1.29 is 9.32 Å². The van der Waals surface area contributed by atoms with Crippen LogP contribution < -0.4 is 0 Å². The first-order valence-corrected chi connectivity index (χ1v) is 5.24. The summed E-state index contributed by atoms with van der Waals surface area (Å²) in [5.41, 5.74) is 0. The minimum absolute atomic E-state index is 0.0602. The number of aromatic hydroxyl groups is 1. The predicted molar refractivity (Wildman–Crippen MR) is 46.6 cm³/mol. The lowest BCUT2D eigenvalue weighted by Gasteiger charge is -2.00. The molecule has 0 saturated heterocycles. The van der Waals surface area contributed by atoms with Gasteiger partial charge in [-0.1, -0.05) is 0 Å². The lowest BCUT2D eigenvalue weighted by Crippen LogP contribution is -1.99. The fraction of sp³-hybridized carbons (Fsp3) is 0.286. The second kappa shape index (κ2) is 3.10. The summed E-state index contributed by atoms with van der Waals surface area (Å²) in [5.74, 6) is 0.0602. The van der Waals surface area contributed by atoms with Crippen molar-refractivity contribution in [2.24, 2.45) is 4.36 Å². The first-order valence-electron chi connectivity index (χ1n) is 3.31. The van der Waals surface area contributed by atoms with Gasteiger partial charge in [-0.3, -0.25) is 0 Å². The first-order chi connectivity index (χ1) is 5.56. The summed E-state index contributed by atoms with van der Waals surface area (Å²) in [5, 5.41) is 9.30. The molecule has 1 heterocycles. The Labute approximate surface area is 71.5 Å². The van der Waals surface area contributed by atoms with Gasteiger partial charge in [-0.2, -0.15) is 0 Å². The molecular formula is C7H10N2O2S. The van der Waals surface area contributed by atoms with E-state index in [4.69, 9.17) is 5.11 Å². The van der Waals surface area contributed by atoms with Gasteiger partial charge in [0.2, 0.25) is 0 Å². The van der Waals surface area contributed by atoms with Crippen molar-refractivity contribution in [1.82, 2.24) is 4.98 Å². The van der Waals surface area contributed by atoms with Crippen LogP contribution in [0.1, 0.15) is 0 Å². The zero-order valence-corrected chi connectivity index (χ0v) is 7.71. The molecule has 0 amide bonds. The molecule has 0 bridgehead atoms. The maximum atomic E-state index is 11.6. The normalized spacial score (nSPS) is 15.2. The molecule has 0 aliphatic rings. The van der Waals surface area contributed by atoms with Gasteiger partial charge in [-0.05, 0) is 12.1 Å². The molecule has 0 spiro atoms. The molecule has 1 aromatic heterocycles. The van der Waals surface area contributed by atoms with E-state index in [1.165, 1.54) is 31.6 Å². The molecule has 66 valence electrons. The van der Waals surface area contributed by atoms with Crippen molar-refractivity contribution in [3.05, 3.63) is 18.3 Å². The summed E-state index contributed by atoms with van der Waals surface area (Å²) < 4.78 is 15.3. The largest absolute Gasteiger partial charge is 0.506 e. The average Bonchev–Trinajstić information content (AvgIpc) is 2.05. The Morgan fingerprint density at radius 1 is 1.58 bits per heavy atom. The van der Waals surface area contributed by atoms with Gasteiger partial charge in [-0.25, -0.2) is 13.6 Å². The van der Waals surface area contributed by atoms with E-state index in [0.717, 1.165) is 0 Å². The molecule has 0 aromatic carbocycles. The van der Waals surface area contributed by atoms with Crippen LogP contribution in [0.15, 0.2) is 27.7 Å². The average molecular weight is 186 g/mol. The lowest BCUT2D eigenvalue weighted by atomic mass is 10.5. The summed E-state index contributed by atoms with van der Waals surface area (Å²) in [6.07, 6.45) is 2.76. The van der Waals surface area contributed by atoms with Gasteiger partial charge in [0.1, 0.15) is 10.8 Å². The summed E-state index contributed by atoms with van der Waals surface area (Å²) in [6, 6.07) is 2.95. The smallest absolute Gasteiger partial charge is 0.135 e. The molecule has 0 fully saturated rings. The van der Waals surface area contributed by atoms with Gasteiger partial charge < -0.3 is 5.11 Å². The molecule has 1 atom stereocenters. The Morgan fingerprint density at radius 3 is 2.67 bits per heavy atom. The van der Waals surface area contributed by atoms with Crippen LogP contribution in [0.2, 0.25) is 0 Å². The topological polar surface area (TPSA) is 62.5 Å². The van der Waals surface area contributed by atoms with Crippen LogP contribution in [0, 0.1) is 0 Å². The quantitative estimate of drug-likeness (QED) is 0.708. The second-order valence-corrected chi connectivity index (χ2v) is 4.73. The third-order valence-electron chi connectivity index (χ3n) is 1.46. The van der Waals surface area contributed by atoms with Crippen LogP contribution in [-0.2, 0) is 9.73 Å². The summed E-state index contributed by atoms with van der Waals surface area (Å²) >= 11 is 0. The van der Waals surface area contributed by atoms with Crippen molar-refractivity contribution in [3.63, 3.8) is 0 Å². The summed E-state index contributed by atoms with van der Waals surface area (Å²) in [4.78, 5) is 3.80. The third kappa shape index (κ3) is 1.73. The van der Waals surface area contributed by atoms with E-state index in [1.807, 2.05) is 0 Å². The van der Waals surface area contributed by atoms with E-state index in [9.17, 15) is 4.21 Å². The molecular weight excluding hydrogens is 176 g/mol. The number of nitrogens with zero attached hydrogens (tertiary/aromatic N) is 2. The summed E-state index contributed by atoms with van der Waals surface area (Å²) in [7, 11) is -0.879. The fourth-order valence-corrected chi connectivity index (χ4v) is 1.45. The van der Waals surface area contributed by atoms with Crippen molar-refractivity contribution in [3.8, 4) is 5.75 Å². The Balaban J connectivity index is 3.24. The maximum Gasteiger partial charge on any atom is 0.135 e. The molecule has 1 rings (SSSR count). The van der Waals surface area contributed by atoms with Crippen LogP contribution in [-0.4, -0.2) is 27.6 Å². The molecule has 1 unspecified atom stereocenters. The van der Waals surface area contributed by atoms with E-state index < -0.39 is 9.73 Å². The van der Waals surface area contributed by atoms with Crippen molar-refractivity contribution in [2.75, 3.05) is 13.3 Å². The van der Waals surface area contributed by atoms with E-state index in [0.29, 0.717) is 5.03 Å². The third-order valence-corrected chi connectivity index (χ3v) is 3.17. The van der Waals surface area contributed by atoms with Gasteiger partial charge in [-0.15, -0.1) is 0 Å². The van der Waals surface area contributed by atoms with E-state index >= 15 is 0 Å². The van der Waals surface area contributed by atoms with Gasteiger partial charge in [0.15, 0.2) is 0 Å². The highest BCUT2D eigenvalue weighted by Gasteiger charge is 2.04. The maximum absolute atomic E-state index is 11.6. The monoisotopic (exact) mass is 186 g/mol. The molecule has 12 heavy (non-hydrogen) atoms. The van der Waals surface area contributed by atoms with E-state index in [1.54, 1.807) is 0 Å². The second-order valence-electron chi connectivity index (χ2n) is 2.34. The molecule has 1 N–H and O–H groups in total. The van der Waals surface area contributed by atoms with Crippen molar-refractivity contribution >= 4 is 9.73 Å². The zero-order chi connectivity index (χ0) is 9.19. The van der Waals surface area contributed by atoms with Crippen LogP contribution in [0.4, 0.5) is 0 Å². The molecule has 4 nitrogen and oxygen atoms in total.